The van der Waals surface area contributed by atoms with Crippen LogP contribution < -0.4 is 4.74 Å². The lowest BCUT2D eigenvalue weighted by Gasteiger charge is -2.10. The summed E-state index contributed by atoms with van der Waals surface area (Å²) in [6.45, 7) is 4.18. The van der Waals surface area contributed by atoms with Crippen molar-refractivity contribution < 1.29 is 9.84 Å². The normalized spacial score (nSPS) is 10.8. The van der Waals surface area contributed by atoms with Crippen molar-refractivity contribution in [3.63, 3.8) is 0 Å². The second kappa shape index (κ2) is 5.97. The van der Waals surface area contributed by atoms with Gasteiger partial charge in [0.25, 0.3) is 0 Å². The summed E-state index contributed by atoms with van der Waals surface area (Å²) in [5, 5.41) is 10.6. The Hall–Kier alpha value is -2.69. The summed E-state index contributed by atoms with van der Waals surface area (Å²) in [6.07, 6.45) is 0.737. The van der Waals surface area contributed by atoms with E-state index in [1.807, 2.05) is 43.3 Å². The molecule has 0 radical (unpaired) electrons. The molecule has 0 saturated heterocycles. The third-order valence-electron chi connectivity index (χ3n) is 3.43. The third-order valence-corrected chi connectivity index (χ3v) is 3.43. The molecule has 0 amide bonds. The van der Waals surface area contributed by atoms with E-state index in [2.05, 4.69) is 15.0 Å². The predicted octanol–water partition coefficient (Wildman–Crippen LogP) is 3.18. The maximum absolute atomic E-state index is 10.0. The van der Waals surface area contributed by atoms with Gasteiger partial charge in [-0.25, -0.2) is 4.98 Å². The fourth-order valence-corrected chi connectivity index (χ4v) is 2.35. The fraction of sp³-hybridized carbons (Fsp3) is 0.235. The number of aromatic nitrogens is 3. The summed E-state index contributed by atoms with van der Waals surface area (Å²) < 4.78 is 5.77. The highest BCUT2D eigenvalue weighted by Gasteiger charge is 2.13. The molecule has 1 N–H and O–H groups in total. The van der Waals surface area contributed by atoms with E-state index in [0.29, 0.717) is 29.3 Å². The molecule has 0 unspecified atom stereocenters. The van der Waals surface area contributed by atoms with E-state index in [9.17, 15) is 5.11 Å². The van der Waals surface area contributed by atoms with Crippen LogP contribution in [0.4, 0.5) is 0 Å². The van der Waals surface area contributed by atoms with Gasteiger partial charge in [-0.2, -0.15) is 9.97 Å². The van der Waals surface area contributed by atoms with E-state index in [1.54, 1.807) is 6.92 Å². The van der Waals surface area contributed by atoms with Crippen LogP contribution in [0.25, 0.3) is 11.0 Å². The van der Waals surface area contributed by atoms with Crippen molar-refractivity contribution in [2.75, 3.05) is 0 Å². The van der Waals surface area contributed by atoms with Crippen LogP contribution in [0, 0.1) is 6.92 Å². The smallest absolute Gasteiger partial charge is 0.224 e. The zero-order valence-electron chi connectivity index (χ0n) is 12.6. The second-order valence-electron chi connectivity index (χ2n) is 5.04. The first kappa shape index (κ1) is 14.3. The summed E-state index contributed by atoms with van der Waals surface area (Å²) in [7, 11) is 0. The van der Waals surface area contributed by atoms with Crippen LogP contribution in [0.1, 0.15) is 23.9 Å². The van der Waals surface area contributed by atoms with Crippen molar-refractivity contribution in [3.05, 3.63) is 53.3 Å². The van der Waals surface area contributed by atoms with Crippen LogP contribution >= 0.6 is 0 Å². The molecule has 1 aromatic carbocycles. The lowest BCUT2D eigenvalue weighted by Crippen LogP contribution is -2.01. The Balaban J connectivity index is 1.97. The van der Waals surface area contributed by atoms with E-state index < -0.39 is 0 Å². The largest absolute Gasteiger partial charge is 0.493 e. The molecule has 3 aromatic rings. The standard InChI is InChI=1S/C17H17N3O2/c1-3-13-9-14(22-10-12-7-5-4-6-8-12)20-16-15(13)17(21)19-11(2)18-16/h4-9H,3,10H2,1-2H3,(H,18,19,20,21). The van der Waals surface area contributed by atoms with Crippen molar-refractivity contribution in [2.24, 2.45) is 0 Å². The molecule has 0 saturated carbocycles. The number of fused-ring (bicyclic) bond motifs is 1. The summed E-state index contributed by atoms with van der Waals surface area (Å²) in [4.78, 5) is 12.7. The molecular weight excluding hydrogens is 278 g/mol. The monoisotopic (exact) mass is 295 g/mol. The average molecular weight is 295 g/mol. The number of rotatable bonds is 4. The van der Waals surface area contributed by atoms with Crippen LogP contribution in [0.2, 0.25) is 0 Å². The zero-order valence-corrected chi connectivity index (χ0v) is 12.6. The Morgan fingerprint density at radius 1 is 1.09 bits per heavy atom. The van der Waals surface area contributed by atoms with Gasteiger partial charge in [0.05, 0.1) is 5.39 Å². The van der Waals surface area contributed by atoms with Gasteiger partial charge in [0.15, 0.2) is 5.65 Å². The second-order valence-corrected chi connectivity index (χ2v) is 5.04. The maximum Gasteiger partial charge on any atom is 0.224 e. The SMILES string of the molecule is CCc1cc(OCc2ccccc2)nc2nc(C)nc(O)c12. The zero-order chi connectivity index (χ0) is 15.5. The molecule has 5 nitrogen and oxygen atoms in total. The first-order valence-electron chi connectivity index (χ1n) is 7.21. The molecule has 0 bridgehead atoms. The molecule has 2 heterocycles. The van der Waals surface area contributed by atoms with Gasteiger partial charge in [-0.1, -0.05) is 37.3 Å². The van der Waals surface area contributed by atoms with Gasteiger partial charge >= 0.3 is 0 Å². The molecule has 0 spiro atoms. The van der Waals surface area contributed by atoms with Crippen molar-refractivity contribution in [1.82, 2.24) is 15.0 Å². The van der Waals surface area contributed by atoms with Crippen molar-refractivity contribution in [1.29, 1.82) is 0 Å². The lowest BCUT2D eigenvalue weighted by molar-refractivity contribution is 0.294. The number of aryl methyl sites for hydroxylation is 2. The summed E-state index contributed by atoms with van der Waals surface area (Å²) in [5.41, 5.74) is 2.46. The van der Waals surface area contributed by atoms with E-state index in [-0.39, 0.29) is 5.88 Å². The highest BCUT2D eigenvalue weighted by molar-refractivity contribution is 5.84. The van der Waals surface area contributed by atoms with Gasteiger partial charge in [-0.05, 0) is 24.5 Å². The van der Waals surface area contributed by atoms with Gasteiger partial charge in [-0.15, -0.1) is 0 Å². The van der Waals surface area contributed by atoms with E-state index >= 15 is 0 Å². The number of pyridine rings is 1. The predicted molar refractivity (Wildman–Crippen MR) is 83.9 cm³/mol. The topological polar surface area (TPSA) is 68.1 Å². The highest BCUT2D eigenvalue weighted by atomic mass is 16.5. The van der Waals surface area contributed by atoms with Gasteiger partial charge in [-0.3, -0.25) is 0 Å². The van der Waals surface area contributed by atoms with Crippen molar-refractivity contribution >= 4 is 11.0 Å². The summed E-state index contributed by atoms with van der Waals surface area (Å²) in [5.74, 6) is 0.965. The van der Waals surface area contributed by atoms with E-state index in [4.69, 9.17) is 4.74 Å². The minimum absolute atomic E-state index is 0.0264. The third kappa shape index (κ3) is 2.83. The molecule has 5 heteroatoms. The van der Waals surface area contributed by atoms with Crippen LogP contribution in [-0.2, 0) is 13.0 Å². The number of nitrogens with zero attached hydrogens (tertiary/aromatic N) is 3. The Bertz CT molecular complexity index is 804. The van der Waals surface area contributed by atoms with Crippen LogP contribution in [0.3, 0.4) is 0 Å². The number of ether oxygens (including phenoxy) is 1. The van der Waals surface area contributed by atoms with Gasteiger partial charge in [0, 0.05) is 6.07 Å². The van der Waals surface area contributed by atoms with Crippen molar-refractivity contribution in [2.45, 2.75) is 26.9 Å². The molecule has 112 valence electrons. The Morgan fingerprint density at radius 3 is 2.59 bits per heavy atom. The first-order chi connectivity index (χ1) is 10.7. The van der Waals surface area contributed by atoms with Crippen molar-refractivity contribution in [3.8, 4) is 11.8 Å². The van der Waals surface area contributed by atoms with Gasteiger partial charge < -0.3 is 9.84 Å². The van der Waals surface area contributed by atoms with E-state index in [0.717, 1.165) is 17.5 Å². The fourth-order valence-electron chi connectivity index (χ4n) is 2.35. The number of hydrogen-bond donors (Lipinski definition) is 1. The Morgan fingerprint density at radius 2 is 1.86 bits per heavy atom. The molecule has 0 atom stereocenters. The van der Waals surface area contributed by atoms with Crippen LogP contribution in [0.15, 0.2) is 36.4 Å². The highest BCUT2D eigenvalue weighted by Crippen LogP contribution is 2.27. The summed E-state index contributed by atoms with van der Waals surface area (Å²) in [6, 6.07) is 11.7. The molecule has 3 rings (SSSR count). The molecule has 0 aliphatic heterocycles. The van der Waals surface area contributed by atoms with Crippen LogP contribution in [-0.4, -0.2) is 20.1 Å². The van der Waals surface area contributed by atoms with Gasteiger partial charge in [0.2, 0.25) is 11.8 Å². The van der Waals surface area contributed by atoms with E-state index in [1.165, 1.54) is 0 Å². The molecular formula is C17H17N3O2. The summed E-state index contributed by atoms with van der Waals surface area (Å²) >= 11 is 0. The van der Waals surface area contributed by atoms with Gasteiger partial charge in [0.1, 0.15) is 12.4 Å². The molecule has 0 aliphatic carbocycles. The molecule has 22 heavy (non-hydrogen) atoms. The quantitative estimate of drug-likeness (QED) is 0.800. The Labute approximate surface area is 128 Å². The molecule has 0 aliphatic rings. The van der Waals surface area contributed by atoms with Crippen LogP contribution in [0.5, 0.6) is 11.8 Å². The minimum atomic E-state index is -0.0264. The Kier molecular flexibility index (Phi) is 3.87. The molecule has 2 aromatic heterocycles. The minimum Gasteiger partial charge on any atom is -0.493 e. The number of aromatic hydroxyl groups is 1. The number of benzene rings is 1. The lowest BCUT2D eigenvalue weighted by atomic mass is 10.1. The maximum atomic E-state index is 10.0. The average Bonchev–Trinajstić information content (AvgIpc) is 2.52. The number of hydrogen-bond acceptors (Lipinski definition) is 5. The first-order valence-corrected chi connectivity index (χ1v) is 7.21. The molecule has 0 fully saturated rings.